The number of benzene rings is 1. The Morgan fingerprint density at radius 3 is 2.55 bits per heavy atom. The van der Waals surface area contributed by atoms with Crippen molar-refractivity contribution in [3.63, 3.8) is 0 Å². The van der Waals surface area contributed by atoms with Gasteiger partial charge in [0.2, 0.25) is 5.91 Å². The Morgan fingerprint density at radius 2 is 2.00 bits per heavy atom. The summed E-state index contributed by atoms with van der Waals surface area (Å²) in [5.41, 5.74) is 0.416. The monoisotopic (exact) mass is 370 g/mol. The molecular weight excluding hydrogens is 352 g/mol. The fourth-order valence-electron chi connectivity index (χ4n) is 1.80. The second-order valence-electron chi connectivity index (χ2n) is 4.96. The number of hydrogen-bond acceptors (Lipinski definition) is 3. The van der Waals surface area contributed by atoms with E-state index in [-0.39, 0.29) is 12.5 Å². The lowest BCUT2D eigenvalue weighted by atomic mass is 9.99. The maximum atomic E-state index is 11.9. The van der Waals surface area contributed by atoms with E-state index < -0.39 is 23.8 Å². The Balaban J connectivity index is 2.55. The van der Waals surface area contributed by atoms with E-state index in [2.05, 4.69) is 26.6 Å². The lowest BCUT2D eigenvalue weighted by Crippen LogP contribution is -2.48. The van der Waals surface area contributed by atoms with Crippen molar-refractivity contribution >= 4 is 33.7 Å². The van der Waals surface area contributed by atoms with Crippen molar-refractivity contribution in [1.29, 1.82) is 0 Å². The molecule has 1 rings (SSSR count). The van der Waals surface area contributed by atoms with Crippen LogP contribution in [0, 0.1) is 5.92 Å². The maximum Gasteiger partial charge on any atom is 0.326 e. The van der Waals surface area contributed by atoms with Gasteiger partial charge in [-0.2, -0.15) is 0 Å². The Kier molecular flexibility index (Phi) is 7.04. The Labute approximate surface area is 137 Å². The first-order valence-electron chi connectivity index (χ1n) is 6.91. The molecule has 0 saturated carbocycles. The summed E-state index contributed by atoms with van der Waals surface area (Å²) in [7, 11) is 0. The number of nitrogens with one attached hydrogen (secondary N) is 2. The molecule has 1 aromatic carbocycles. The normalized spacial score (nSPS) is 13.0. The molecule has 1 aromatic rings. The molecule has 120 valence electrons. The standard InChI is InChI=1S/C15H19BrN2O4/c1-3-9(2)13(15(21)22)18-12(19)8-17-14(20)10-5-4-6-11(16)7-10/h4-7,9,13H,3,8H2,1-2H3,(H,17,20)(H,18,19)(H,21,22)/t9-,13-/m0/s1. The van der Waals surface area contributed by atoms with Gasteiger partial charge in [0.05, 0.1) is 6.54 Å². The van der Waals surface area contributed by atoms with E-state index in [1.54, 1.807) is 31.2 Å². The lowest BCUT2D eigenvalue weighted by molar-refractivity contribution is -0.143. The van der Waals surface area contributed by atoms with Crippen LogP contribution in [0.1, 0.15) is 30.6 Å². The van der Waals surface area contributed by atoms with E-state index in [1.165, 1.54) is 0 Å². The van der Waals surface area contributed by atoms with Crippen LogP contribution < -0.4 is 10.6 Å². The van der Waals surface area contributed by atoms with E-state index in [0.717, 1.165) is 4.47 Å². The first-order chi connectivity index (χ1) is 10.3. The fraction of sp³-hybridized carbons (Fsp3) is 0.400. The van der Waals surface area contributed by atoms with E-state index in [9.17, 15) is 14.4 Å². The summed E-state index contributed by atoms with van der Waals surface area (Å²) in [6, 6.07) is 5.79. The topological polar surface area (TPSA) is 95.5 Å². The number of carboxylic acid groups (broad SMARTS) is 1. The second kappa shape index (κ2) is 8.53. The van der Waals surface area contributed by atoms with Crippen LogP contribution in [0.25, 0.3) is 0 Å². The van der Waals surface area contributed by atoms with E-state index in [0.29, 0.717) is 12.0 Å². The number of halogens is 1. The minimum atomic E-state index is -1.08. The summed E-state index contributed by atoms with van der Waals surface area (Å²) in [6.07, 6.45) is 0.627. The average molecular weight is 371 g/mol. The largest absolute Gasteiger partial charge is 0.480 e. The summed E-state index contributed by atoms with van der Waals surface area (Å²) in [4.78, 5) is 34.8. The molecule has 0 spiro atoms. The Bertz CT molecular complexity index is 562. The zero-order chi connectivity index (χ0) is 16.7. The highest BCUT2D eigenvalue weighted by Gasteiger charge is 2.25. The van der Waals surface area contributed by atoms with Gasteiger partial charge >= 0.3 is 5.97 Å². The van der Waals surface area contributed by atoms with Gasteiger partial charge in [-0.1, -0.05) is 42.3 Å². The maximum absolute atomic E-state index is 11.9. The van der Waals surface area contributed by atoms with Crippen molar-refractivity contribution in [2.75, 3.05) is 6.54 Å². The van der Waals surface area contributed by atoms with Crippen molar-refractivity contribution in [3.8, 4) is 0 Å². The molecule has 0 saturated heterocycles. The molecule has 2 amide bonds. The number of aliphatic carboxylic acids is 1. The van der Waals surface area contributed by atoms with Crippen LogP contribution in [-0.2, 0) is 9.59 Å². The molecule has 0 aromatic heterocycles. The molecule has 22 heavy (non-hydrogen) atoms. The zero-order valence-corrected chi connectivity index (χ0v) is 14.0. The molecule has 0 aliphatic carbocycles. The number of carbonyl (C=O) groups excluding carboxylic acids is 2. The predicted octanol–water partition coefficient (Wildman–Crippen LogP) is 1.79. The lowest BCUT2D eigenvalue weighted by Gasteiger charge is -2.20. The first kappa shape index (κ1) is 18.2. The van der Waals surface area contributed by atoms with Gasteiger partial charge in [0.1, 0.15) is 6.04 Å². The SMILES string of the molecule is CC[C@H](C)[C@H](NC(=O)CNC(=O)c1cccc(Br)c1)C(=O)O. The molecule has 2 atom stereocenters. The van der Waals surface area contributed by atoms with Gasteiger partial charge in [-0.25, -0.2) is 4.79 Å². The minimum absolute atomic E-state index is 0.192. The summed E-state index contributed by atoms with van der Waals surface area (Å²) < 4.78 is 0.757. The highest BCUT2D eigenvalue weighted by atomic mass is 79.9. The summed E-state index contributed by atoms with van der Waals surface area (Å²) in [5, 5.41) is 14.0. The zero-order valence-electron chi connectivity index (χ0n) is 12.4. The van der Waals surface area contributed by atoms with Crippen LogP contribution in [0.5, 0.6) is 0 Å². The summed E-state index contributed by atoms with van der Waals surface area (Å²) in [6.45, 7) is 3.33. The Morgan fingerprint density at radius 1 is 1.32 bits per heavy atom. The van der Waals surface area contributed by atoms with Crippen LogP contribution in [0.2, 0.25) is 0 Å². The van der Waals surface area contributed by atoms with Crippen LogP contribution in [0.3, 0.4) is 0 Å². The predicted molar refractivity (Wildman–Crippen MR) is 85.5 cm³/mol. The molecule has 0 aliphatic rings. The highest BCUT2D eigenvalue weighted by Crippen LogP contribution is 2.11. The molecule has 0 fully saturated rings. The van der Waals surface area contributed by atoms with Crippen LogP contribution >= 0.6 is 15.9 Å². The number of rotatable bonds is 7. The first-order valence-corrected chi connectivity index (χ1v) is 7.70. The molecule has 3 N–H and O–H groups in total. The molecule has 0 unspecified atom stereocenters. The summed E-state index contributed by atoms with van der Waals surface area (Å²) >= 11 is 3.26. The fourth-order valence-corrected chi connectivity index (χ4v) is 2.20. The number of hydrogen-bond donors (Lipinski definition) is 3. The van der Waals surface area contributed by atoms with Crippen molar-refractivity contribution in [2.24, 2.45) is 5.92 Å². The molecule has 0 bridgehead atoms. The molecule has 7 heteroatoms. The van der Waals surface area contributed by atoms with Crippen LogP contribution in [0.4, 0.5) is 0 Å². The quantitative estimate of drug-likeness (QED) is 0.681. The molecule has 0 heterocycles. The van der Waals surface area contributed by atoms with Crippen molar-refractivity contribution < 1.29 is 19.5 Å². The average Bonchev–Trinajstić information content (AvgIpc) is 2.49. The molecule has 0 radical (unpaired) electrons. The van der Waals surface area contributed by atoms with Crippen molar-refractivity contribution in [1.82, 2.24) is 10.6 Å². The number of carboxylic acids is 1. The third-order valence-electron chi connectivity index (χ3n) is 3.29. The number of amides is 2. The second-order valence-corrected chi connectivity index (χ2v) is 5.88. The highest BCUT2D eigenvalue weighted by molar-refractivity contribution is 9.10. The van der Waals surface area contributed by atoms with Crippen LogP contribution in [-0.4, -0.2) is 35.5 Å². The van der Waals surface area contributed by atoms with Gasteiger partial charge in [0.25, 0.3) is 5.91 Å². The molecule has 6 nitrogen and oxygen atoms in total. The van der Waals surface area contributed by atoms with E-state index >= 15 is 0 Å². The van der Waals surface area contributed by atoms with Gasteiger partial charge in [0.15, 0.2) is 0 Å². The van der Waals surface area contributed by atoms with Crippen molar-refractivity contribution in [2.45, 2.75) is 26.3 Å². The van der Waals surface area contributed by atoms with Gasteiger partial charge in [-0.15, -0.1) is 0 Å². The van der Waals surface area contributed by atoms with Crippen LogP contribution in [0.15, 0.2) is 28.7 Å². The number of carbonyl (C=O) groups is 3. The third kappa shape index (κ3) is 5.48. The van der Waals surface area contributed by atoms with Crippen molar-refractivity contribution in [3.05, 3.63) is 34.3 Å². The molecule has 0 aliphatic heterocycles. The Hall–Kier alpha value is -1.89. The third-order valence-corrected chi connectivity index (χ3v) is 3.79. The van der Waals surface area contributed by atoms with Gasteiger partial charge in [-0.05, 0) is 24.1 Å². The van der Waals surface area contributed by atoms with E-state index in [1.807, 2.05) is 6.92 Å². The van der Waals surface area contributed by atoms with Gasteiger partial charge < -0.3 is 15.7 Å². The van der Waals surface area contributed by atoms with Gasteiger partial charge in [0, 0.05) is 10.0 Å². The summed E-state index contributed by atoms with van der Waals surface area (Å²) in [5.74, 6) is -2.20. The minimum Gasteiger partial charge on any atom is -0.480 e. The van der Waals surface area contributed by atoms with Gasteiger partial charge in [-0.3, -0.25) is 9.59 Å². The molecular formula is C15H19BrN2O4. The van der Waals surface area contributed by atoms with E-state index in [4.69, 9.17) is 5.11 Å². The smallest absolute Gasteiger partial charge is 0.326 e.